The van der Waals surface area contributed by atoms with E-state index in [9.17, 15) is 4.79 Å². The minimum Gasteiger partial charge on any atom is -0.375 e. The first-order valence-electron chi connectivity index (χ1n) is 8.08. The molecular weight excluding hydrogens is 252 g/mol. The summed E-state index contributed by atoms with van der Waals surface area (Å²) >= 11 is 0. The van der Waals surface area contributed by atoms with Crippen LogP contribution >= 0.6 is 0 Å². The number of carbonyl (C=O) groups is 1. The first-order valence-corrected chi connectivity index (χ1v) is 8.08. The molecule has 1 heterocycles. The molecular formula is C16H30N2O2. The van der Waals surface area contributed by atoms with Crippen molar-refractivity contribution in [2.45, 2.75) is 76.9 Å². The SMILES string of the molecule is CC1(C)CC(NC(=O)CC2(CN)CCCCC2)CCO1. The number of rotatable bonds is 4. The summed E-state index contributed by atoms with van der Waals surface area (Å²) in [7, 11) is 0. The van der Waals surface area contributed by atoms with Crippen LogP contribution in [-0.4, -0.2) is 30.7 Å². The van der Waals surface area contributed by atoms with Crippen LogP contribution < -0.4 is 11.1 Å². The zero-order chi connectivity index (χ0) is 14.6. The van der Waals surface area contributed by atoms with Gasteiger partial charge in [-0.05, 0) is 51.5 Å². The van der Waals surface area contributed by atoms with Gasteiger partial charge >= 0.3 is 0 Å². The summed E-state index contributed by atoms with van der Waals surface area (Å²) in [5.74, 6) is 0.181. The van der Waals surface area contributed by atoms with Gasteiger partial charge in [0.05, 0.1) is 5.60 Å². The second kappa shape index (κ2) is 6.44. The van der Waals surface area contributed by atoms with Gasteiger partial charge in [0.15, 0.2) is 0 Å². The summed E-state index contributed by atoms with van der Waals surface area (Å²) in [5.41, 5.74) is 5.90. The number of amides is 1. The van der Waals surface area contributed by atoms with Gasteiger partial charge in [-0.1, -0.05) is 19.3 Å². The fraction of sp³-hybridized carbons (Fsp3) is 0.938. The third kappa shape index (κ3) is 4.19. The van der Waals surface area contributed by atoms with Crippen molar-refractivity contribution in [1.82, 2.24) is 5.32 Å². The Morgan fingerprint density at radius 2 is 2.00 bits per heavy atom. The molecule has 1 amide bonds. The number of carbonyl (C=O) groups excluding carboxylic acids is 1. The van der Waals surface area contributed by atoms with E-state index in [4.69, 9.17) is 10.5 Å². The molecule has 0 spiro atoms. The fourth-order valence-electron chi connectivity index (χ4n) is 3.73. The highest BCUT2D eigenvalue weighted by Crippen LogP contribution is 2.38. The van der Waals surface area contributed by atoms with Crippen molar-refractivity contribution in [1.29, 1.82) is 0 Å². The zero-order valence-corrected chi connectivity index (χ0v) is 13.0. The van der Waals surface area contributed by atoms with E-state index in [1.807, 2.05) is 0 Å². The van der Waals surface area contributed by atoms with Crippen LogP contribution in [0.3, 0.4) is 0 Å². The fourth-order valence-corrected chi connectivity index (χ4v) is 3.73. The van der Waals surface area contributed by atoms with Crippen LogP contribution in [0, 0.1) is 5.41 Å². The van der Waals surface area contributed by atoms with Crippen molar-refractivity contribution < 1.29 is 9.53 Å². The largest absolute Gasteiger partial charge is 0.375 e. The molecule has 0 bridgehead atoms. The molecule has 0 radical (unpaired) electrons. The molecule has 0 aromatic carbocycles. The Hall–Kier alpha value is -0.610. The minimum atomic E-state index is -0.118. The average molecular weight is 282 g/mol. The van der Waals surface area contributed by atoms with E-state index in [1.165, 1.54) is 19.3 Å². The lowest BCUT2D eigenvalue weighted by Crippen LogP contribution is -2.47. The van der Waals surface area contributed by atoms with Crippen molar-refractivity contribution in [2.24, 2.45) is 11.1 Å². The van der Waals surface area contributed by atoms with Gasteiger partial charge in [-0.2, -0.15) is 0 Å². The molecule has 2 fully saturated rings. The summed E-state index contributed by atoms with van der Waals surface area (Å²) in [6.07, 6.45) is 8.36. The molecule has 4 heteroatoms. The lowest BCUT2D eigenvalue weighted by atomic mass is 9.71. The van der Waals surface area contributed by atoms with Gasteiger partial charge in [0.1, 0.15) is 0 Å². The highest BCUT2D eigenvalue weighted by atomic mass is 16.5. The van der Waals surface area contributed by atoms with Crippen molar-refractivity contribution >= 4 is 5.91 Å². The van der Waals surface area contributed by atoms with Gasteiger partial charge in [-0.25, -0.2) is 0 Å². The highest BCUT2D eigenvalue weighted by Gasteiger charge is 2.35. The first kappa shape index (κ1) is 15.8. The van der Waals surface area contributed by atoms with Gasteiger partial charge in [0, 0.05) is 19.1 Å². The van der Waals surface area contributed by atoms with Crippen LogP contribution in [0.4, 0.5) is 0 Å². The van der Waals surface area contributed by atoms with Crippen molar-refractivity contribution in [3.8, 4) is 0 Å². The summed E-state index contributed by atoms with van der Waals surface area (Å²) in [4.78, 5) is 12.3. The smallest absolute Gasteiger partial charge is 0.220 e. The topological polar surface area (TPSA) is 64.4 Å². The normalized spacial score (nSPS) is 28.9. The minimum absolute atomic E-state index is 0.0585. The van der Waals surface area contributed by atoms with Gasteiger partial charge in [0.25, 0.3) is 0 Å². The maximum absolute atomic E-state index is 12.3. The Morgan fingerprint density at radius 3 is 2.60 bits per heavy atom. The van der Waals surface area contributed by atoms with Gasteiger partial charge in [-0.15, -0.1) is 0 Å². The summed E-state index contributed by atoms with van der Waals surface area (Å²) in [6, 6.07) is 0.254. The van der Waals surface area contributed by atoms with E-state index in [0.29, 0.717) is 13.0 Å². The molecule has 1 unspecified atom stereocenters. The molecule has 1 aliphatic carbocycles. The van der Waals surface area contributed by atoms with Crippen LogP contribution in [0.1, 0.15) is 65.2 Å². The lowest BCUT2D eigenvalue weighted by molar-refractivity contribution is -0.126. The molecule has 1 atom stereocenters. The Bertz CT molecular complexity index is 335. The molecule has 3 N–H and O–H groups in total. The second-order valence-electron chi connectivity index (χ2n) is 7.31. The molecule has 116 valence electrons. The molecule has 1 aliphatic heterocycles. The molecule has 2 rings (SSSR count). The van der Waals surface area contributed by atoms with Crippen LogP contribution in [-0.2, 0) is 9.53 Å². The van der Waals surface area contributed by atoms with E-state index in [1.54, 1.807) is 0 Å². The van der Waals surface area contributed by atoms with Crippen LogP contribution in [0.5, 0.6) is 0 Å². The predicted octanol–water partition coefficient (Wildman–Crippen LogP) is 2.36. The lowest BCUT2D eigenvalue weighted by Gasteiger charge is -2.38. The summed E-state index contributed by atoms with van der Waals surface area (Å²) in [5, 5.41) is 3.21. The quantitative estimate of drug-likeness (QED) is 0.832. The average Bonchev–Trinajstić information content (AvgIpc) is 2.38. The second-order valence-corrected chi connectivity index (χ2v) is 7.31. The molecule has 0 aromatic rings. The van der Waals surface area contributed by atoms with Gasteiger partial charge in [-0.3, -0.25) is 4.79 Å². The third-order valence-corrected chi connectivity index (χ3v) is 4.94. The Balaban J connectivity index is 1.85. The molecule has 20 heavy (non-hydrogen) atoms. The molecule has 4 nitrogen and oxygen atoms in total. The maximum atomic E-state index is 12.3. The molecule has 1 saturated carbocycles. The monoisotopic (exact) mass is 282 g/mol. The standard InChI is InChI=1S/C16H30N2O2/c1-15(2)10-13(6-9-20-15)18-14(19)11-16(12-17)7-4-3-5-8-16/h13H,3-12,17H2,1-2H3,(H,18,19). The maximum Gasteiger partial charge on any atom is 0.220 e. The summed E-state index contributed by atoms with van der Waals surface area (Å²) in [6.45, 7) is 5.56. The van der Waals surface area contributed by atoms with E-state index in [0.717, 1.165) is 32.3 Å². The van der Waals surface area contributed by atoms with Crippen molar-refractivity contribution in [3.05, 3.63) is 0 Å². The predicted molar refractivity (Wildman–Crippen MR) is 80.4 cm³/mol. The van der Waals surface area contributed by atoms with E-state index in [-0.39, 0.29) is 23.0 Å². The zero-order valence-electron chi connectivity index (χ0n) is 13.0. The molecule has 2 aliphatic rings. The van der Waals surface area contributed by atoms with Crippen LogP contribution in [0.2, 0.25) is 0 Å². The Kier molecular flexibility index (Phi) is 5.08. The van der Waals surface area contributed by atoms with E-state index >= 15 is 0 Å². The Morgan fingerprint density at radius 1 is 1.30 bits per heavy atom. The van der Waals surface area contributed by atoms with Crippen LogP contribution in [0.15, 0.2) is 0 Å². The number of hydrogen-bond acceptors (Lipinski definition) is 3. The number of hydrogen-bond donors (Lipinski definition) is 2. The first-order chi connectivity index (χ1) is 9.45. The number of nitrogens with two attached hydrogens (primary N) is 1. The highest BCUT2D eigenvalue weighted by molar-refractivity contribution is 5.77. The van der Waals surface area contributed by atoms with Crippen molar-refractivity contribution in [3.63, 3.8) is 0 Å². The molecule has 1 saturated heterocycles. The van der Waals surface area contributed by atoms with E-state index in [2.05, 4.69) is 19.2 Å². The van der Waals surface area contributed by atoms with Crippen LogP contribution in [0.25, 0.3) is 0 Å². The third-order valence-electron chi connectivity index (χ3n) is 4.94. The van der Waals surface area contributed by atoms with Gasteiger partial charge in [0.2, 0.25) is 5.91 Å². The summed E-state index contributed by atoms with van der Waals surface area (Å²) < 4.78 is 5.70. The van der Waals surface area contributed by atoms with Gasteiger partial charge < -0.3 is 15.8 Å². The number of ether oxygens (including phenoxy) is 1. The van der Waals surface area contributed by atoms with Crippen molar-refractivity contribution in [2.75, 3.05) is 13.2 Å². The number of nitrogens with one attached hydrogen (secondary N) is 1. The Labute approximate surface area is 122 Å². The molecule has 0 aromatic heterocycles. The van der Waals surface area contributed by atoms with E-state index < -0.39 is 0 Å².